The Labute approximate surface area is 204 Å². The fourth-order valence-corrected chi connectivity index (χ4v) is 6.41. The van der Waals surface area contributed by atoms with Crippen LogP contribution in [0, 0.1) is 0 Å². The highest BCUT2D eigenvalue weighted by molar-refractivity contribution is 7.80. The maximum atomic E-state index is 4.89. The van der Waals surface area contributed by atoms with Crippen molar-refractivity contribution in [3.05, 3.63) is 84.9 Å². The highest BCUT2D eigenvalue weighted by Crippen LogP contribution is 2.37. The number of thiazole rings is 2. The molecule has 6 rings (SSSR count). The number of rotatable bonds is 3. The van der Waals surface area contributed by atoms with Crippen LogP contribution in [0.3, 0.4) is 0 Å². The van der Waals surface area contributed by atoms with Gasteiger partial charge >= 0.3 is 0 Å². The lowest BCUT2D eigenvalue weighted by molar-refractivity contribution is 1.40. The molecule has 2 aromatic heterocycles. The van der Waals surface area contributed by atoms with Gasteiger partial charge in [-0.25, -0.2) is 9.97 Å². The van der Waals surface area contributed by atoms with Crippen LogP contribution in [0.25, 0.3) is 52.7 Å². The molecule has 0 N–H and O–H groups in total. The van der Waals surface area contributed by atoms with Crippen molar-refractivity contribution in [3.63, 3.8) is 0 Å². The van der Waals surface area contributed by atoms with Gasteiger partial charge in [-0.1, -0.05) is 48.5 Å². The lowest BCUT2D eigenvalue weighted by Crippen LogP contribution is -1.80. The second kappa shape index (κ2) is 8.05. The average Bonchev–Trinajstić information content (AvgIpc) is 3.42. The van der Waals surface area contributed by atoms with Crippen LogP contribution < -0.4 is 0 Å². The van der Waals surface area contributed by atoms with E-state index in [1.54, 1.807) is 22.7 Å². The lowest BCUT2D eigenvalue weighted by Gasteiger charge is -2.01. The normalized spacial score (nSPS) is 11.4. The van der Waals surface area contributed by atoms with E-state index in [1.807, 2.05) is 36.4 Å². The van der Waals surface area contributed by atoms with Crippen molar-refractivity contribution in [2.75, 3.05) is 0 Å². The number of fused-ring (bicyclic) bond motifs is 2. The van der Waals surface area contributed by atoms with Gasteiger partial charge in [0.15, 0.2) is 0 Å². The van der Waals surface area contributed by atoms with Gasteiger partial charge in [0.1, 0.15) is 10.0 Å². The molecule has 0 fully saturated rings. The van der Waals surface area contributed by atoms with E-state index in [-0.39, 0.29) is 0 Å². The van der Waals surface area contributed by atoms with E-state index >= 15 is 0 Å². The molecule has 0 bridgehead atoms. The first kappa shape index (κ1) is 20.0. The molecule has 2 nitrogen and oxygen atoms in total. The third-order valence-electron chi connectivity index (χ3n) is 5.38. The predicted octanol–water partition coefficient (Wildman–Crippen LogP) is 8.48. The van der Waals surface area contributed by atoms with Crippen LogP contribution in [0.2, 0.25) is 0 Å². The molecule has 6 heteroatoms. The maximum Gasteiger partial charge on any atom is 0.125 e. The molecule has 0 spiro atoms. The van der Waals surface area contributed by atoms with E-state index in [1.165, 1.54) is 9.40 Å². The summed E-state index contributed by atoms with van der Waals surface area (Å²) in [6.07, 6.45) is 0. The summed E-state index contributed by atoms with van der Waals surface area (Å²) in [5.74, 6) is 0. The average molecular weight is 485 g/mol. The molecule has 32 heavy (non-hydrogen) atoms. The van der Waals surface area contributed by atoms with Crippen LogP contribution in [0.15, 0.2) is 94.7 Å². The number of hydrogen-bond acceptors (Lipinski definition) is 6. The minimum atomic E-state index is 0.944. The Balaban J connectivity index is 1.41. The summed E-state index contributed by atoms with van der Waals surface area (Å²) in [4.78, 5) is 11.7. The third kappa shape index (κ3) is 3.53. The Bertz CT molecular complexity index is 1490. The van der Waals surface area contributed by atoms with Crippen LogP contribution in [0.1, 0.15) is 0 Å². The first-order valence-corrected chi connectivity index (χ1v) is 12.6. The summed E-state index contributed by atoms with van der Waals surface area (Å²) in [6.45, 7) is 0. The zero-order valence-corrected chi connectivity index (χ0v) is 20.1. The molecule has 0 amide bonds. The number of thiol groups is 2. The van der Waals surface area contributed by atoms with Crippen molar-refractivity contribution in [2.24, 2.45) is 0 Å². The molecule has 2 heterocycles. The van der Waals surface area contributed by atoms with Gasteiger partial charge in [0, 0.05) is 20.9 Å². The molecular formula is C26H16N2S4. The van der Waals surface area contributed by atoms with Gasteiger partial charge in [-0.05, 0) is 47.5 Å². The van der Waals surface area contributed by atoms with Gasteiger partial charge in [-0.3, -0.25) is 0 Å². The zero-order chi connectivity index (χ0) is 21.7. The Morgan fingerprint density at radius 2 is 0.969 bits per heavy atom. The first-order valence-electron chi connectivity index (χ1n) is 10.0. The number of nitrogens with zero attached hydrogens (tertiary/aromatic N) is 2. The molecule has 6 aromatic rings. The largest absolute Gasteiger partial charge is 0.236 e. The Kier molecular flexibility index (Phi) is 5.03. The van der Waals surface area contributed by atoms with E-state index in [4.69, 9.17) is 9.97 Å². The summed E-state index contributed by atoms with van der Waals surface area (Å²) in [6, 6.07) is 29.1. The molecule has 0 aliphatic rings. The maximum absolute atomic E-state index is 4.89. The van der Waals surface area contributed by atoms with Crippen LogP contribution in [0.5, 0.6) is 0 Å². The van der Waals surface area contributed by atoms with Crippen molar-refractivity contribution in [1.29, 1.82) is 0 Å². The van der Waals surface area contributed by atoms with Gasteiger partial charge in [0.2, 0.25) is 0 Å². The molecule has 0 aliphatic carbocycles. The van der Waals surface area contributed by atoms with E-state index < -0.39 is 0 Å². The van der Waals surface area contributed by atoms with Crippen molar-refractivity contribution < 1.29 is 0 Å². The van der Waals surface area contributed by atoms with Crippen LogP contribution in [0.4, 0.5) is 0 Å². The smallest absolute Gasteiger partial charge is 0.125 e. The molecule has 0 aliphatic heterocycles. The summed E-state index contributed by atoms with van der Waals surface area (Å²) in [5.41, 5.74) is 6.42. The van der Waals surface area contributed by atoms with Gasteiger partial charge in [0.25, 0.3) is 0 Å². The van der Waals surface area contributed by atoms with E-state index in [9.17, 15) is 0 Å². The van der Waals surface area contributed by atoms with Crippen LogP contribution in [-0.4, -0.2) is 9.97 Å². The summed E-state index contributed by atoms with van der Waals surface area (Å²) in [7, 11) is 0. The molecule has 0 saturated carbocycles. The Morgan fingerprint density at radius 3 is 1.41 bits per heavy atom. The quantitative estimate of drug-likeness (QED) is 0.246. The van der Waals surface area contributed by atoms with Gasteiger partial charge in [0.05, 0.1) is 20.4 Å². The summed E-state index contributed by atoms with van der Waals surface area (Å²) < 4.78 is 2.34. The summed E-state index contributed by atoms with van der Waals surface area (Å²) >= 11 is 12.6. The molecule has 4 aromatic carbocycles. The highest BCUT2D eigenvalue weighted by Gasteiger charge is 2.12. The van der Waals surface area contributed by atoms with Crippen molar-refractivity contribution >= 4 is 68.4 Å². The second-order valence-electron chi connectivity index (χ2n) is 7.44. The fraction of sp³-hybridized carbons (Fsp3) is 0. The molecular weight excluding hydrogens is 469 g/mol. The molecule has 0 unspecified atom stereocenters. The van der Waals surface area contributed by atoms with E-state index in [0.29, 0.717) is 0 Å². The van der Waals surface area contributed by atoms with Crippen molar-refractivity contribution in [1.82, 2.24) is 9.97 Å². The molecule has 154 valence electrons. The zero-order valence-electron chi connectivity index (χ0n) is 16.7. The standard InChI is InChI=1S/C26H16N2S4/c29-21-7-3-1-5-17(21)25-27-19-13-15(9-11-23(19)31-25)16-10-12-24-20(14-16)28-26(32-24)18-6-2-4-8-22(18)30/h1-14,29-30H. The lowest BCUT2D eigenvalue weighted by atomic mass is 10.1. The minimum Gasteiger partial charge on any atom is -0.236 e. The number of hydrogen-bond donors (Lipinski definition) is 2. The highest BCUT2D eigenvalue weighted by atomic mass is 32.1. The van der Waals surface area contributed by atoms with Gasteiger partial charge in [-0.15, -0.1) is 47.9 Å². The predicted molar refractivity (Wildman–Crippen MR) is 144 cm³/mol. The van der Waals surface area contributed by atoms with Gasteiger partial charge < -0.3 is 0 Å². The van der Waals surface area contributed by atoms with Crippen LogP contribution >= 0.6 is 47.9 Å². The van der Waals surface area contributed by atoms with Crippen molar-refractivity contribution in [3.8, 4) is 32.3 Å². The number of benzene rings is 4. The minimum absolute atomic E-state index is 0.944. The molecule has 0 atom stereocenters. The molecule has 0 radical (unpaired) electrons. The number of aromatic nitrogens is 2. The Hall–Kier alpha value is -2.64. The van der Waals surface area contributed by atoms with E-state index in [2.05, 4.69) is 73.8 Å². The van der Waals surface area contributed by atoms with E-state index in [0.717, 1.165) is 53.1 Å². The first-order chi connectivity index (χ1) is 15.7. The third-order valence-corrected chi connectivity index (χ3v) is 8.30. The molecule has 0 saturated heterocycles. The second-order valence-corrected chi connectivity index (χ2v) is 10.5. The SMILES string of the molecule is Sc1ccccc1-c1nc2cc(-c3ccc4sc(-c5ccccc5S)nc4c3)ccc2s1. The van der Waals surface area contributed by atoms with Crippen LogP contribution in [-0.2, 0) is 0 Å². The Morgan fingerprint density at radius 1 is 0.531 bits per heavy atom. The van der Waals surface area contributed by atoms with Gasteiger partial charge in [-0.2, -0.15) is 0 Å². The van der Waals surface area contributed by atoms with Crippen molar-refractivity contribution in [2.45, 2.75) is 9.79 Å². The monoisotopic (exact) mass is 484 g/mol. The fourth-order valence-electron chi connectivity index (χ4n) is 3.75. The topological polar surface area (TPSA) is 25.8 Å². The summed E-state index contributed by atoms with van der Waals surface area (Å²) in [5, 5.41) is 1.99.